The topological polar surface area (TPSA) is 103 Å². The Hall–Kier alpha value is -2.56. The van der Waals surface area contributed by atoms with Gasteiger partial charge in [0.1, 0.15) is 11.6 Å². The number of carbonyl (C=O) groups excluding carboxylic acids is 1. The largest absolute Gasteiger partial charge is 0.496 e. The van der Waals surface area contributed by atoms with Crippen molar-refractivity contribution in [2.75, 3.05) is 44.5 Å². The fraction of sp³-hybridized carbons (Fsp3) is 0.429. The number of carbonyl (C=O) groups is 1. The fourth-order valence-corrected chi connectivity index (χ4v) is 3.78. The Bertz CT molecular complexity index is 1060. The van der Waals surface area contributed by atoms with Gasteiger partial charge in [-0.3, -0.25) is 4.79 Å². The molecule has 172 valence electrons. The van der Waals surface area contributed by atoms with Gasteiger partial charge < -0.3 is 20.1 Å². The van der Waals surface area contributed by atoms with Crippen LogP contribution >= 0.6 is 23.4 Å². The molecule has 0 fully saturated rings. The summed E-state index contributed by atoms with van der Waals surface area (Å²) in [6, 6.07) is 4.93. The number of benzene rings is 1. The van der Waals surface area contributed by atoms with Gasteiger partial charge in [-0.1, -0.05) is 30.3 Å². The van der Waals surface area contributed by atoms with Crippen molar-refractivity contribution in [3.8, 4) is 5.75 Å². The molecule has 0 atom stereocenters. The Morgan fingerprint density at radius 2 is 2.09 bits per heavy atom. The molecule has 2 aromatic heterocycles. The van der Waals surface area contributed by atoms with Crippen LogP contribution in [0.25, 0.3) is 11.0 Å². The molecular weight excluding hydrogens is 452 g/mol. The third-order valence-electron chi connectivity index (χ3n) is 4.51. The molecule has 0 saturated heterocycles. The summed E-state index contributed by atoms with van der Waals surface area (Å²) in [5.41, 5.74) is 1.10. The lowest BCUT2D eigenvalue weighted by atomic mass is 10.2. The maximum Gasteiger partial charge on any atom is 0.255 e. The quantitative estimate of drug-likeness (QED) is 0.232. The third kappa shape index (κ3) is 6.02. The lowest BCUT2D eigenvalue weighted by Crippen LogP contribution is -2.28. The van der Waals surface area contributed by atoms with E-state index in [1.165, 1.54) is 7.11 Å². The number of thioether (sulfide) groups is 1. The predicted octanol–water partition coefficient (Wildman–Crippen LogP) is 3.48. The number of hydrogen-bond acceptors (Lipinski definition) is 8. The number of rotatable bonds is 12. The highest BCUT2D eigenvalue weighted by atomic mass is 35.5. The van der Waals surface area contributed by atoms with Crippen LogP contribution in [-0.4, -0.2) is 64.8 Å². The summed E-state index contributed by atoms with van der Waals surface area (Å²) in [6.07, 6.45) is 1.74. The second-order valence-corrected chi connectivity index (χ2v) is 8.28. The summed E-state index contributed by atoms with van der Waals surface area (Å²) < 4.78 is 12.4. The van der Waals surface area contributed by atoms with Gasteiger partial charge in [-0.15, -0.1) is 0 Å². The molecule has 1 aromatic carbocycles. The van der Waals surface area contributed by atoms with Crippen LogP contribution in [0.2, 0.25) is 5.02 Å². The molecule has 9 nitrogen and oxygen atoms in total. The van der Waals surface area contributed by atoms with Crippen molar-refractivity contribution in [2.45, 2.75) is 25.5 Å². The molecule has 2 heterocycles. The fourth-order valence-electron chi connectivity index (χ4n) is 3.04. The van der Waals surface area contributed by atoms with Gasteiger partial charge in [0.2, 0.25) is 0 Å². The van der Waals surface area contributed by atoms with Crippen molar-refractivity contribution in [1.29, 1.82) is 0 Å². The van der Waals surface area contributed by atoms with E-state index in [0.29, 0.717) is 60.0 Å². The highest BCUT2D eigenvalue weighted by molar-refractivity contribution is 7.99. The standard InChI is InChI=1S/C21H27ClN6O3S/c1-4-31-11-9-23-18-16-13-25-28(19(16)27-21(26-18)32-5-2)10-8-24-20(29)15-12-14(22)6-7-17(15)30-3/h6-7,12-13H,4-5,8-11H2,1-3H3,(H,24,29)(H,23,26,27). The molecule has 0 aliphatic carbocycles. The first-order chi connectivity index (χ1) is 15.6. The highest BCUT2D eigenvalue weighted by Crippen LogP contribution is 2.25. The Morgan fingerprint density at radius 3 is 2.84 bits per heavy atom. The van der Waals surface area contributed by atoms with Gasteiger partial charge in [0.25, 0.3) is 5.91 Å². The number of amides is 1. The number of methoxy groups -OCH3 is 1. The van der Waals surface area contributed by atoms with Gasteiger partial charge in [-0.25, -0.2) is 14.6 Å². The zero-order chi connectivity index (χ0) is 22.9. The molecule has 0 unspecified atom stereocenters. The third-order valence-corrected chi connectivity index (χ3v) is 5.47. The number of anilines is 1. The Kier molecular flexibility index (Phi) is 8.95. The molecule has 0 radical (unpaired) electrons. The predicted molar refractivity (Wildman–Crippen MR) is 127 cm³/mol. The van der Waals surface area contributed by atoms with E-state index >= 15 is 0 Å². The van der Waals surface area contributed by atoms with Crippen molar-refractivity contribution in [3.05, 3.63) is 35.0 Å². The van der Waals surface area contributed by atoms with Gasteiger partial charge in [0, 0.05) is 24.7 Å². The molecule has 2 N–H and O–H groups in total. The second kappa shape index (κ2) is 11.9. The number of halogens is 1. The summed E-state index contributed by atoms with van der Waals surface area (Å²) in [7, 11) is 1.52. The first-order valence-electron chi connectivity index (χ1n) is 10.4. The number of fused-ring (bicyclic) bond motifs is 1. The summed E-state index contributed by atoms with van der Waals surface area (Å²) in [5, 5.41) is 12.6. The zero-order valence-electron chi connectivity index (χ0n) is 18.4. The molecule has 1 amide bonds. The monoisotopic (exact) mass is 478 g/mol. The van der Waals surface area contributed by atoms with Crippen molar-refractivity contribution in [2.24, 2.45) is 0 Å². The summed E-state index contributed by atoms with van der Waals surface area (Å²) >= 11 is 7.59. The summed E-state index contributed by atoms with van der Waals surface area (Å²) in [4.78, 5) is 21.9. The number of nitrogens with one attached hydrogen (secondary N) is 2. The lowest BCUT2D eigenvalue weighted by Gasteiger charge is -2.11. The molecule has 11 heteroatoms. The van der Waals surface area contributed by atoms with Crippen LogP contribution in [0.3, 0.4) is 0 Å². The van der Waals surface area contributed by atoms with Crippen LogP contribution < -0.4 is 15.4 Å². The minimum absolute atomic E-state index is 0.268. The van der Waals surface area contributed by atoms with Crippen molar-refractivity contribution in [3.63, 3.8) is 0 Å². The molecule has 0 aliphatic heterocycles. The minimum atomic E-state index is -0.268. The average molecular weight is 479 g/mol. The summed E-state index contributed by atoms with van der Waals surface area (Å²) in [6.45, 7) is 6.72. The van der Waals surface area contributed by atoms with Crippen LogP contribution in [0.5, 0.6) is 5.75 Å². The van der Waals surface area contributed by atoms with E-state index in [1.54, 1.807) is 40.8 Å². The zero-order valence-corrected chi connectivity index (χ0v) is 19.9. The van der Waals surface area contributed by atoms with E-state index in [-0.39, 0.29) is 5.91 Å². The summed E-state index contributed by atoms with van der Waals surface area (Å²) in [5.74, 6) is 1.78. The number of ether oxygens (including phenoxy) is 2. The van der Waals surface area contributed by atoms with E-state index in [2.05, 4.69) is 32.6 Å². The number of hydrogen-bond donors (Lipinski definition) is 2. The Labute approximate surface area is 196 Å². The van der Waals surface area contributed by atoms with E-state index < -0.39 is 0 Å². The molecule has 0 spiro atoms. The van der Waals surface area contributed by atoms with Gasteiger partial charge in [-0.05, 0) is 30.9 Å². The molecule has 32 heavy (non-hydrogen) atoms. The minimum Gasteiger partial charge on any atom is -0.496 e. The lowest BCUT2D eigenvalue weighted by molar-refractivity contribution is 0.0949. The molecule has 0 bridgehead atoms. The van der Waals surface area contributed by atoms with Gasteiger partial charge in [0.15, 0.2) is 10.8 Å². The molecular formula is C21H27ClN6O3S. The van der Waals surface area contributed by atoms with E-state index in [4.69, 9.17) is 21.1 Å². The van der Waals surface area contributed by atoms with Crippen LogP contribution in [-0.2, 0) is 11.3 Å². The normalized spacial score (nSPS) is 11.0. The second-order valence-electron chi connectivity index (χ2n) is 6.62. The van der Waals surface area contributed by atoms with Gasteiger partial charge in [-0.2, -0.15) is 5.10 Å². The molecule has 3 rings (SSSR count). The van der Waals surface area contributed by atoms with Crippen LogP contribution in [0, 0.1) is 0 Å². The average Bonchev–Trinajstić information content (AvgIpc) is 3.20. The molecule has 0 aliphatic rings. The van der Waals surface area contributed by atoms with Gasteiger partial charge in [0.05, 0.1) is 37.4 Å². The maximum atomic E-state index is 12.6. The smallest absolute Gasteiger partial charge is 0.255 e. The van der Waals surface area contributed by atoms with Crippen molar-refractivity contribution in [1.82, 2.24) is 25.1 Å². The molecule has 0 saturated carbocycles. The van der Waals surface area contributed by atoms with E-state index in [9.17, 15) is 4.79 Å². The van der Waals surface area contributed by atoms with Crippen LogP contribution in [0.4, 0.5) is 5.82 Å². The SMILES string of the molecule is CCOCCNc1nc(SCC)nc2c1cnn2CCNC(=O)c1cc(Cl)ccc1OC. The number of aromatic nitrogens is 4. The molecule has 3 aromatic rings. The maximum absolute atomic E-state index is 12.6. The van der Waals surface area contributed by atoms with Gasteiger partial charge >= 0.3 is 0 Å². The van der Waals surface area contributed by atoms with Crippen LogP contribution in [0.1, 0.15) is 24.2 Å². The first-order valence-corrected chi connectivity index (χ1v) is 11.7. The van der Waals surface area contributed by atoms with Crippen molar-refractivity contribution < 1.29 is 14.3 Å². The van der Waals surface area contributed by atoms with E-state index in [0.717, 1.165) is 17.0 Å². The van der Waals surface area contributed by atoms with Crippen molar-refractivity contribution >= 4 is 46.1 Å². The van der Waals surface area contributed by atoms with Crippen LogP contribution in [0.15, 0.2) is 29.6 Å². The number of nitrogens with zero attached hydrogens (tertiary/aromatic N) is 4. The Balaban J connectivity index is 1.72. The Morgan fingerprint density at radius 1 is 1.25 bits per heavy atom. The first kappa shape index (κ1) is 24.1. The van der Waals surface area contributed by atoms with E-state index in [1.807, 2.05) is 6.92 Å². The highest BCUT2D eigenvalue weighted by Gasteiger charge is 2.15.